The smallest absolute Gasteiger partial charge is 0.156 e. The maximum Gasteiger partial charge on any atom is 0.156 e. The van der Waals surface area contributed by atoms with Gasteiger partial charge in [0.05, 0.1) is 16.7 Å². The number of rotatable bonds is 8. The lowest BCUT2D eigenvalue weighted by atomic mass is 10.3. The van der Waals surface area contributed by atoms with Crippen LogP contribution in [0.2, 0.25) is 10.0 Å². The third kappa shape index (κ3) is 6.42. The predicted octanol–water partition coefficient (Wildman–Crippen LogP) is 4.84. The second-order valence-corrected chi connectivity index (χ2v) is 5.62. The van der Waals surface area contributed by atoms with Crippen LogP contribution in [-0.2, 0) is 0 Å². The SMILES string of the molecule is OCCCCOc1c(Cl)cc(OCC=C(Cl)Cl)cc1Cl. The number of halogens is 4. The molecule has 0 aliphatic carbocycles. The van der Waals surface area contributed by atoms with E-state index in [1.807, 2.05) is 0 Å². The Morgan fingerprint density at radius 3 is 2.30 bits per heavy atom. The minimum absolute atomic E-state index is 0.131. The molecule has 0 amide bonds. The fourth-order valence-corrected chi connectivity index (χ4v) is 2.05. The number of aliphatic hydroxyl groups is 1. The van der Waals surface area contributed by atoms with Crippen molar-refractivity contribution in [2.45, 2.75) is 12.8 Å². The van der Waals surface area contributed by atoms with E-state index in [4.69, 9.17) is 61.0 Å². The Morgan fingerprint density at radius 2 is 1.75 bits per heavy atom. The molecule has 3 nitrogen and oxygen atoms in total. The highest BCUT2D eigenvalue weighted by Gasteiger charge is 2.10. The number of aliphatic hydroxyl groups excluding tert-OH is 1. The van der Waals surface area contributed by atoms with Gasteiger partial charge in [0.15, 0.2) is 5.75 Å². The minimum Gasteiger partial charge on any atom is -0.490 e. The first kappa shape index (κ1) is 17.7. The maximum absolute atomic E-state index is 8.68. The van der Waals surface area contributed by atoms with Gasteiger partial charge in [0.2, 0.25) is 0 Å². The molecule has 0 saturated heterocycles. The minimum atomic E-state index is 0.131. The Morgan fingerprint density at radius 1 is 1.10 bits per heavy atom. The van der Waals surface area contributed by atoms with E-state index >= 15 is 0 Å². The summed E-state index contributed by atoms with van der Waals surface area (Å²) in [5.74, 6) is 0.901. The van der Waals surface area contributed by atoms with E-state index < -0.39 is 0 Å². The third-order valence-electron chi connectivity index (χ3n) is 2.26. The maximum atomic E-state index is 8.68. The predicted molar refractivity (Wildman–Crippen MR) is 83.6 cm³/mol. The molecule has 0 aromatic heterocycles. The number of hydrogen-bond donors (Lipinski definition) is 1. The van der Waals surface area contributed by atoms with E-state index in [0.717, 1.165) is 6.42 Å². The molecule has 0 aliphatic heterocycles. The molecule has 0 unspecified atom stereocenters. The molecule has 0 atom stereocenters. The molecule has 20 heavy (non-hydrogen) atoms. The van der Waals surface area contributed by atoms with Crippen LogP contribution in [0.3, 0.4) is 0 Å². The van der Waals surface area contributed by atoms with Gasteiger partial charge in [-0.15, -0.1) is 0 Å². The Kier molecular flexibility index (Phi) is 8.50. The molecular weight excluding hydrogens is 346 g/mol. The van der Waals surface area contributed by atoms with Crippen LogP contribution < -0.4 is 9.47 Å². The lowest BCUT2D eigenvalue weighted by Crippen LogP contribution is -2.00. The largest absolute Gasteiger partial charge is 0.490 e. The lowest BCUT2D eigenvalue weighted by molar-refractivity contribution is 0.253. The van der Waals surface area contributed by atoms with E-state index in [1.165, 1.54) is 6.08 Å². The summed E-state index contributed by atoms with van der Waals surface area (Å²) in [4.78, 5) is 0. The summed E-state index contributed by atoms with van der Waals surface area (Å²) in [6.07, 6.45) is 2.90. The average Bonchev–Trinajstić information content (AvgIpc) is 2.36. The van der Waals surface area contributed by atoms with E-state index in [0.29, 0.717) is 34.6 Å². The first-order valence-electron chi connectivity index (χ1n) is 5.91. The van der Waals surface area contributed by atoms with E-state index in [-0.39, 0.29) is 17.7 Å². The Labute approximate surface area is 138 Å². The van der Waals surface area contributed by atoms with Crippen LogP contribution in [-0.4, -0.2) is 24.9 Å². The molecule has 0 saturated carbocycles. The quantitative estimate of drug-likeness (QED) is 0.674. The molecule has 1 N–H and O–H groups in total. The Balaban J connectivity index is 2.63. The van der Waals surface area contributed by atoms with Crippen LogP contribution in [0.5, 0.6) is 11.5 Å². The highest BCUT2D eigenvalue weighted by atomic mass is 35.5. The van der Waals surface area contributed by atoms with Crippen molar-refractivity contribution < 1.29 is 14.6 Å². The summed E-state index contributed by atoms with van der Waals surface area (Å²) >= 11 is 23.1. The highest BCUT2D eigenvalue weighted by Crippen LogP contribution is 2.37. The van der Waals surface area contributed by atoms with Crippen LogP contribution in [0.25, 0.3) is 0 Å². The van der Waals surface area contributed by atoms with Crippen LogP contribution in [0.15, 0.2) is 22.7 Å². The van der Waals surface area contributed by atoms with Gasteiger partial charge in [0.25, 0.3) is 0 Å². The summed E-state index contributed by atoms with van der Waals surface area (Å²) < 4.78 is 11.0. The van der Waals surface area contributed by atoms with Crippen molar-refractivity contribution in [2.75, 3.05) is 19.8 Å². The lowest BCUT2D eigenvalue weighted by Gasteiger charge is -2.12. The zero-order valence-corrected chi connectivity index (χ0v) is 13.6. The van der Waals surface area contributed by atoms with Gasteiger partial charge >= 0.3 is 0 Å². The zero-order valence-electron chi connectivity index (χ0n) is 10.5. The molecule has 112 valence electrons. The van der Waals surface area contributed by atoms with Crippen molar-refractivity contribution in [3.8, 4) is 11.5 Å². The number of unbranched alkanes of at least 4 members (excludes halogenated alkanes) is 1. The van der Waals surface area contributed by atoms with Gasteiger partial charge in [-0.1, -0.05) is 46.4 Å². The summed E-state index contributed by atoms with van der Waals surface area (Å²) in [5, 5.41) is 9.40. The fourth-order valence-electron chi connectivity index (χ4n) is 1.35. The standard InChI is InChI=1S/C13H14Cl4O3/c14-10-7-9(19-6-3-12(16)17)8-11(15)13(10)20-5-2-1-4-18/h3,7-8,18H,1-2,4-6H2. The molecule has 1 aromatic rings. The van der Waals surface area contributed by atoms with Crippen molar-refractivity contribution in [1.82, 2.24) is 0 Å². The van der Waals surface area contributed by atoms with Gasteiger partial charge in [0, 0.05) is 18.7 Å². The molecule has 0 aliphatic rings. The normalized spacial score (nSPS) is 10.2. The van der Waals surface area contributed by atoms with Crippen molar-refractivity contribution in [3.63, 3.8) is 0 Å². The van der Waals surface area contributed by atoms with Crippen LogP contribution in [0.4, 0.5) is 0 Å². The average molecular weight is 360 g/mol. The Bertz CT molecular complexity index is 436. The second-order valence-electron chi connectivity index (χ2n) is 3.80. The van der Waals surface area contributed by atoms with Crippen molar-refractivity contribution in [1.29, 1.82) is 0 Å². The van der Waals surface area contributed by atoms with Gasteiger partial charge in [-0.2, -0.15) is 0 Å². The van der Waals surface area contributed by atoms with Gasteiger partial charge in [0.1, 0.15) is 16.8 Å². The van der Waals surface area contributed by atoms with Crippen LogP contribution in [0, 0.1) is 0 Å². The molecule has 7 heteroatoms. The molecule has 0 bridgehead atoms. The summed E-state index contributed by atoms with van der Waals surface area (Å²) in [5.41, 5.74) is 0. The van der Waals surface area contributed by atoms with Gasteiger partial charge in [-0.05, 0) is 18.9 Å². The fraction of sp³-hybridized carbons (Fsp3) is 0.385. The first-order chi connectivity index (χ1) is 9.54. The number of ether oxygens (including phenoxy) is 2. The summed E-state index contributed by atoms with van der Waals surface area (Å²) in [6.45, 7) is 0.782. The first-order valence-corrected chi connectivity index (χ1v) is 7.42. The highest BCUT2D eigenvalue weighted by molar-refractivity contribution is 6.55. The summed E-state index contributed by atoms with van der Waals surface area (Å²) in [6, 6.07) is 3.20. The van der Waals surface area contributed by atoms with E-state index in [9.17, 15) is 0 Å². The monoisotopic (exact) mass is 358 g/mol. The Hall–Kier alpha value is -0.320. The van der Waals surface area contributed by atoms with Crippen molar-refractivity contribution >= 4 is 46.4 Å². The molecule has 0 heterocycles. The molecular formula is C13H14Cl4O3. The molecule has 1 aromatic carbocycles. The molecule has 0 spiro atoms. The van der Waals surface area contributed by atoms with Gasteiger partial charge in [-0.25, -0.2) is 0 Å². The van der Waals surface area contributed by atoms with Crippen molar-refractivity contribution in [3.05, 3.63) is 32.7 Å². The van der Waals surface area contributed by atoms with Crippen molar-refractivity contribution in [2.24, 2.45) is 0 Å². The van der Waals surface area contributed by atoms with E-state index in [1.54, 1.807) is 12.1 Å². The van der Waals surface area contributed by atoms with Gasteiger partial charge in [-0.3, -0.25) is 0 Å². The number of benzene rings is 1. The van der Waals surface area contributed by atoms with E-state index in [2.05, 4.69) is 0 Å². The summed E-state index contributed by atoms with van der Waals surface area (Å²) in [7, 11) is 0. The number of hydrogen-bond acceptors (Lipinski definition) is 3. The van der Waals surface area contributed by atoms with Crippen LogP contribution in [0.1, 0.15) is 12.8 Å². The second kappa shape index (κ2) is 9.59. The van der Waals surface area contributed by atoms with Gasteiger partial charge < -0.3 is 14.6 Å². The molecule has 1 rings (SSSR count). The topological polar surface area (TPSA) is 38.7 Å². The molecule has 0 radical (unpaired) electrons. The van der Waals surface area contributed by atoms with Crippen LogP contribution >= 0.6 is 46.4 Å². The zero-order chi connectivity index (χ0) is 15.0. The molecule has 0 fully saturated rings. The third-order valence-corrected chi connectivity index (χ3v) is 3.13.